The van der Waals surface area contributed by atoms with Gasteiger partial charge in [0.2, 0.25) is 5.89 Å². The zero-order chi connectivity index (χ0) is 18.1. The minimum Gasteiger partial charge on any atom is -0.444 e. The molecule has 0 spiro atoms. The molecule has 1 atom stereocenters. The molecule has 144 valence electrons. The fourth-order valence-corrected chi connectivity index (χ4v) is 2.38. The number of oxazole rings is 1. The summed E-state index contributed by atoms with van der Waals surface area (Å²) in [7, 11) is 3.92. The first-order valence-corrected chi connectivity index (χ1v) is 8.78. The third kappa shape index (κ3) is 6.95. The number of nitrogens with zero attached hydrogens (tertiary/aromatic N) is 3. The highest BCUT2D eigenvalue weighted by Gasteiger charge is 2.08. The molecule has 1 aromatic heterocycles. The first-order valence-electron chi connectivity index (χ1n) is 8.78. The second-order valence-corrected chi connectivity index (χ2v) is 6.10. The number of benzene rings is 1. The maximum atomic E-state index is 5.55. The second kappa shape index (κ2) is 11.9. The van der Waals surface area contributed by atoms with Gasteiger partial charge in [0.05, 0.1) is 12.2 Å². The Hall–Kier alpha value is -1.61. The van der Waals surface area contributed by atoms with Gasteiger partial charge in [-0.3, -0.25) is 4.99 Å². The van der Waals surface area contributed by atoms with E-state index in [1.54, 1.807) is 13.3 Å². The first kappa shape index (κ1) is 22.4. The molecular weight excluding hydrogens is 441 g/mol. The molecule has 0 amide bonds. The summed E-state index contributed by atoms with van der Waals surface area (Å²) < 4.78 is 5.55. The Morgan fingerprint density at radius 2 is 2.00 bits per heavy atom. The van der Waals surface area contributed by atoms with Gasteiger partial charge in [-0.15, -0.1) is 24.0 Å². The summed E-state index contributed by atoms with van der Waals surface area (Å²) in [5.74, 6) is 1.40. The Kier molecular flexibility index (Phi) is 10.3. The lowest BCUT2D eigenvalue weighted by molar-refractivity contribution is 0.255. The van der Waals surface area contributed by atoms with E-state index in [9.17, 15) is 0 Å². The van der Waals surface area contributed by atoms with Crippen LogP contribution in [0.5, 0.6) is 0 Å². The van der Waals surface area contributed by atoms with Crippen LogP contribution in [0.2, 0.25) is 0 Å². The van der Waals surface area contributed by atoms with Crippen molar-refractivity contribution in [2.24, 2.45) is 4.99 Å². The Morgan fingerprint density at radius 3 is 2.65 bits per heavy atom. The summed E-state index contributed by atoms with van der Waals surface area (Å²) in [6.45, 7) is 6.82. The van der Waals surface area contributed by atoms with Gasteiger partial charge in [-0.1, -0.05) is 25.1 Å². The average molecular weight is 471 g/mol. The summed E-state index contributed by atoms with van der Waals surface area (Å²) in [6.07, 6.45) is 2.83. The molecule has 7 heteroatoms. The molecule has 0 aliphatic heterocycles. The summed E-state index contributed by atoms with van der Waals surface area (Å²) in [5.41, 5.74) is 1.82. The van der Waals surface area contributed by atoms with Crippen LogP contribution in [0.3, 0.4) is 0 Å². The highest BCUT2D eigenvalue weighted by Crippen LogP contribution is 2.17. The summed E-state index contributed by atoms with van der Waals surface area (Å²) in [5, 5.41) is 6.59. The molecule has 0 saturated carbocycles. The van der Waals surface area contributed by atoms with Gasteiger partial charge in [-0.05, 0) is 32.5 Å². The maximum Gasteiger partial charge on any atom is 0.226 e. The van der Waals surface area contributed by atoms with Crippen LogP contribution in [-0.2, 0) is 6.54 Å². The van der Waals surface area contributed by atoms with Gasteiger partial charge in [-0.25, -0.2) is 4.98 Å². The molecule has 0 radical (unpaired) electrons. The minimum absolute atomic E-state index is 0. The Bertz CT molecular complexity index is 659. The van der Waals surface area contributed by atoms with E-state index in [4.69, 9.17) is 4.42 Å². The SMILES string of the molecule is CCC(C)N(C)CCNC(=NC)NCc1coc(-c2ccccc2)n1.I. The van der Waals surface area contributed by atoms with Gasteiger partial charge in [-0.2, -0.15) is 0 Å². The number of rotatable bonds is 8. The Balaban J connectivity index is 0.00000338. The Morgan fingerprint density at radius 1 is 1.27 bits per heavy atom. The molecule has 2 aromatic rings. The van der Waals surface area contributed by atoms with Crippen molar-refractivity contribution in [2.45, 2.75) is 32.9 Å². The molecule has 1 aromatic carbocycles. The van der Waals surface area contributed by atoms with Gasteiger partial charge in [0.1, 0.15) is 6.26 Å². The molecule has 0 bridgehead atoms. The molecule has 0 aliphatic rings. The van der Waals surface area contributed by atoms with E-state index in [-0.39, 0.29) is 24.0 Å². The molecule has 26 heavy (non-hydrogen) atoms. The summed E-state index contributed by atoms with van der Waals surface area (Å²) in [6, 6.07) is 10.5. The van der Waals surface area contributed by atoms with Crippen LogP contribution in [0.1, 0.15) is 26.0 Å². The number of aromatic nitrogens is 1. The lowest BCUT2D eigenvalue weighted by Gasteiger charge is -2.23. The van der Waals surface area contributed by atoms with Crippen molar-refractivity contribution in [3.63, 3.8) is 0 Å². The van der Waals surface area contributed by atoms with Crippen molar-refractivity contribution in [1.82, 2.24) is 20.5 Å². The van der Waals surface area contributed by atoms with Crippen molar-refractivity contribution in [3.8, 4) is 11.5 Å². The van der Waals surface area contributed by atoms with Crippen molar-refractivity contribution in [1.29, 1.82) is 0 Å². The maximum absolute atomic E-state index is 5.55. The fourth-order valence-electron chi connectivity index (χ4n) is 2.38. The lowest BCUT2D eigenvalue weighted by Crippen LogP contribution is -2.42. The summed E-state index contributed by atoms with van der Waals surface area (Å²) >= 11 is 0. The third-order valence-electron chi connectivity index (χ3n) is 4.33. The molecule has 1 heterocycles. The van der Waals surface area contributed by atoms with Crippen molar-refractivity contribution >= 4 is 29.9 Å². The van der Waals surface area contributed by atoms with E-state index in [1.165, 1.54) is 0 Å². The molecule has 0 aliphatic carbocycles. The van der Waals surface area contributed by atoms with Crippen LogP contribution in [0.4, 0.5) is 0 Å². The van der Waals surface area contributed by atoms with Crippen LogP contribution in [0.15, 0.2) is 46.0 Å². The largest absolute Gasteiger partial charge is 0.444 e. The van der Waals surface area contributed by atoms with Crippen LogP contribution in [0.25, 0.3) is 11.5 Å². The van der Waals surface area contributed by atoms with Gasteiger partial charge in [0, 0.05) is 31.7 Å². The quantitative estimate of drug-likeness (QED) is 0.351. The zero-order valence-electron chi connectivity index (χ0n) is 16.0. The second-order valence-electron chi connectivity index (χ2n) is 6.10. The monoisotopic (exact) mass is 471 g/mol. The number of hydrogen-bond acceptors (Lipinski definition) is 4. The van der Waals surface area contributed by atoms with E-state index in [0.29, 0.717) is 18.5 Å². The molecular formula is C19H30IN5O. The van der Waals surface area contributed by atoms with E-state index >= 15 is 0 Å². The van der Waals surface area contributed by atoms with E-state index in [1.807, 2.05) is 30.3 Å². The normalized spacial score (nSPS) is 12.6. The standard InChI is InChI=1S/C19H29N5O.HI/c1-5-15(2)24(4)12-11-21-19(20-3)22-13-17-14-25-18(23-17)16-9-7-6-8-10-16;/h6-10,14-15H,5,11-13H2,1-4H3,(H2,20,21,22);1H. The van der Waals surface area contributed by atoms with Crippen molar-refractivity contribution < 1.29 is 4.42 Å². The van der Waals surface area contributed by atoms with Crippen molar-refractivity contribution in [2.75, 3.05) is 27.2 Å². The number of hydrogen-bond donors (Lipinski definition) is 2. The van der Waals surface area contributed by atoms with Gasteiger partial charge in [0.25, 0.3) is 0 Å². The predicted octanol–water partition coefficient (Wildman–Crippen LogP) is 3.35. The lowest BCUT2D eigenvalue weighted by atomic mass is 10.2. The molecule has 1 unspecified atom stereocenters. The molecule has 6 nitrogen and oxygen atoms in total. The van der Waals surface area contributed by atoms with E-state index in [0.717, 1.165) is 36.7 Å². The third-order valence-corrected chi connectivity index (χ3v) is 4.33. The number of guanidine groups is 1. The summed E-state index contributed by atoms with van der Waals surface area (Å²) in [4.78, 5) is 11.1. The smallest absolute Gasteiger partial charge is 0.226 e. The topological polar surface area (TPSA) is 65.7 Å². The molecule has 2 rings (SSSR count). The van der Waals surface area contributed by atoms with Crippen LogP contribution < -0.4 is 10.6 Å². The van der Waals surface area contributed by atoms with Crippen LogP contribution in [-0.4, -0.2) is 49.1 Å². The van der Waals surface area contributed by atoms with Gasteiger partial charge < -0.3 is 20.0 Å². The predicted molar refractivity (Wildman–Crippen MR) is 118 cm³/mol. The first-order chi connectivity index (χ1) is 12.1. The minimum atomic E-state index is 0. The number of aliphatic imine (C=N–C) groups is 1. The number of likely N-dealkylation sites (N-methyl/N-ethyl adjacent to an activating group) is 1. The van der Waals surface area contributed by atoms with Gasteiger partial charge >= 0.3 is 0 Å². The van der Waals surface area contributed by atoms with E-state index < -0.39 is 0 Å². The van der Waals surface area contributed by atoms with Crippen molar-refractivity contribution in [3.05, 3.63) is 42.3 Å². The van der Waals surface area contributed by atoms with Gasteiger partial charge in [0.15, 0.2) is 5.96 Å². The van der Waals surface area contributed by atoms with E-state index in [2.05, 4.69) is 46.4 Å². The zero-order valence-corrected chi connectivity index (χ0v) is 18.4. The average Bonchev–Trinajstić information content (AvgIpc) is 3.13. The van der Waals surface area contributed by atoms with Crippen LogP contribution in [0, 0.1) is 0 Å². The molecule has 0 fully saturated rings. The fraction of sp³-hybridized carbons (Fsp3) is 0.474. The highest BCUT2D eigenvalue weighted by molar-refractivity contribution is 14.0. The van der Waals surface area contributed by atoms with Crippen LogP contribution >= 0.6 is 24.0 Å². The number of halogens is 1. The highest BCUT2D eigenvalue weighted by atomic mass is 127. The molecule has 2 N–H and O–H groups in total. The molecule has 0 saturated heterocycles. The Labute approximate surface area is 173 Å². The number of nitrogens with one attached hydrogen (secondary N) is 2.